The van der Waals surface area contributed by atoms with Crippen LogP contribution in [0, 0.1) is 0 Å². The summed E-state index contributed by atoms with van der Waals surface area (Å²) in [4.78, 5) is 20.7. The molecule has 2 N–H and O–H groups in total. The van der Waals surface area contributed by atoms with E-state index in [2.05, 4.69) is 15.3 Å². The second kappa shape index (κ2) is 5.91. The van der Waals surface area contributed by atoms with Crippen LogP contribution in [0.4, 0.5) is 5.69 Å². The van der Waals surface area contributed by atoms with Gasteiger partial charge < -0.3 is 14.8 Å². The van der Waals surface area contributed by atoms with Gasteiger partial charge in [-0.15, -0.1) is 0 Å². The molecular formula is C17H9Cl2N3O3. The smallest absolute Gasteiger partial charge is 0.260 e. The number of nitrogens with one attached hydrogen (secondary N) is 1. The highest BCUT2D eigenvalue weighted by atomic mass is 35.5. The zero-order valence-electron chi connectivity index (χ0n) is 12.5. The van der Waals surface area contributed by atoms with Gasteiger partial charge in [-0.05, 0) is 18.2 Å². The lowest BCUT2D eigenvalue weighted by Gasteiger charge is -2.08. The van der Waals surface area contributed by atoms with Gasteiger partial charge in [0.25, 0.3) is 5.91 Å². The van der Waals surface area contributed by atoms with Crippen LogP contribution in [-0.2, 0) is 0 Å². The summed E-state index contributed by atoms with van der Waals surface area (Å²) in [7, 11) is 0. The summed E-state index contributed by atoms with van der Waals surface area (Å²) in [6, 6.07) is 6.17. The summed E-state index contributed by atoms with van der Waals surface area (Å²) in [5.74, 6) is -0.453. The predicted molar refractivity (Wildman–Crippen MR) is 94.5 cm³/mol. The van der Waals surface area contributed by atoms with Crippen molar-refractivity contribution >= 4 is 46.0 Å². The van der Waals surface area contributed by atoms with Crippen LogP contribution in [-0.4, -0.2) is 21.0 Å². The quantitative estimate of drug-likeness (QED) is 0.548. The lowest BCUT2D eigenvalue weighted by molar-refractivity contribution is 0.102. The van der Waals surface area contributed by atoms with Gasteiger partial charge in [0.15, 0.2) is 11.3 Å². The van der Waals surface area contributed by atoms with Crippen LogP contribution in [0.5, 0.6) is 5.75 Å². The molecule has 0 aliphatic heterocycles. The first-order valence-electron chi connectivity index (χ1n) is 7.14. The highest BCUT2D eigenvalue weighted by Crippen LogP contribution is 2.42. The average molecular weight is 374 g/mol. The number of hydrogen-bond donors (Lipinski definition) is 2. The number of carbonyl (C=O) groups is 1. The topological polar surface area (TPSA) is 88.3 Å². The van der Waals surface area contributed by atoms with E-state index in [1.54, 1.807) is 30.6 Å². The Morgan fingerprint density at radius 3 is 2.60 bits per heavy atom. The van der Waals surface area contributed by atoms with Crippen LogP contribution >= 0.6 is 23.2 Å². The highest BCUT2D eigenvalue weighted by molar-refractivity contribution is 6.42. The maximum Gasteiger partial charge on any atom is 0.260 e. The number of fused-ring (bicyclic) bond motifs is 2. The molecule has 0 fully saturated rings. The Balaban J connectivity index is 1.78. The van der Waals surface area contributed by atoms with E-state index >= 15 is 0 Å². The molecule has 1 aromatic carbocycles. The molecule has 0 radical (unpaired) electrons. The third kappa shape index (κ3) is 2.65. The Morgan fingerprint density at radius 2 is 1.88 bits per heavy atom. The number of aromatic nitrogens is 2. The number of amides is 1. The number of carbonyl (C=O) groups excluding carboxylic acids is 1. The van der Waals surface area contributed by atoms with Gasteiger partial charge in [-0.3, -0.25) is 4.79 Å². The largest absolute Gasteiger partial charge is 0.504 e. The number of phenols is 1. The van der Waals surface area contributed by atoms with E-state index in [1.165, 1.54) is 12.4 Å². The van der Waals surface area contributed by atoms with Gasteiger partial charge in [0.05, 0.1) is 15.6 Å². The number of rotatable bonds is 3. The molecule has 0 aliphatic rings. The van der Waals surface area contributed by atoms with Crippen molar-refractivity contribution in [3.05, 3.63) is 58.6 Å². The van der Waals surface area contributed by atoms with E-state index in [4.69, 9.17) is 27.6 Å². The number of furan rings is 2. The second-order valence-corrected chi connectivity index (χ2v) is 6.10. The van der Waals surface area contributed by atoms with Gasteiger partial charge in [0.2, 0.25) is 0 Å². The van der Waals surface area contributed by atoms with Gasteiger partial charge in [0.1, 0.15) is 11.9 Å². The molecule has 25 heavy (non-hydrogen) atoms. The molecule has 2 bridgehead atoms. The van der Waals surface area contributed by atoms with Crippen molar-refractivity contribution in [3.63, 3.8) is 0 Å². The molecule has 0 aliphatic carbocycles. The number of nitrogens with zero attached hydrogens (tertiary/aromatic N) is 2. The van der Waals surface area contributed by atoms with Crippen molar-refractivity contribution in [1.82, 2.24) is 9.97 Å². The Labute approximate surface area is 151 Å². The molecule has 4 rings (SSSR count). The van der Waals surface area contributed by atoms with Gasteiger partial charge in [-0.2, -0.15) is 0 Å². The molecule has 6 nitrogen and oxygen atoms in total. The third-order valence-electron chi connectivity index (χ3n) is 3.69. The minimum atomic E-state index is -0.411. The molecule has 0 saturated carbocycles. The number of hydrogen-bond acceptors (Lipinski definition) is 5. The van der Waals surface area contributed by atoms with Crippen LogP contribution in [0.3, 0.4) is 0 Å². The van der Waals surface area contributed by atoms with Crippen LogP contribution in [0.25, 0.3) is 22.3 Å². The van der Waals surface area contributed by atoms with E-state index in [0.717, 1.165) is 0 Å². The summed E-state index contributed by atoms with van der Waals surface area (Å²) >= 11 is 11.9. The van der Waals surface area contributed by atoms with Gasteiger partial charge >= 0.3 is 0 Å². The maximum absolute atomic E-state index is 12.8. The molecule has 0 spiro atoms. The second-order valence-electron chi connectivity index (χ2n) is 5.29. The number of halogens is 2. The summed E-state index contributed by atoms with van der Waals surface area (Å²) < 4.78 is 5.52. The molecule has 3 aromatic heterocycles. The summed E-state index contributed by atoms with van der Waals surface area (Å²) in [5.41, 5.74) is 2.25. The molecule has 0 atom stereocenters. The van der Waals surface area contributed by atoms with E-state index in [1.807, 2.05) is 0 Å². The molecule has 4 aromatic rings. The van der Waals surface area contributed by atoms with E-state index in [0.29, 0.717) is 26.9 Å². The zero-order valence-corrected chi connectivity index (χ0v) is 14.0. The highest BCUT2D eigenvalue weighted by Gasteiger charge is 2.27. The van der Waals surface area contributed by atoms with Gasteiger partial charge in [-0.25, -0.2) is 9.97 Å². The number of phenolic OH excluding ortho intramolecular Hbond substituents is 1. The first kappa shape index (κ1) is 15.7. The minimum absolute atomic E-state index is 0.0417. The fraction of sp³-hybridized carbons (Fsp3) is 0. The van der Waals surface area contributed by atoms with Crippen LogP contribution < -0.4 is 5.32 Å². The van der Waals surface area contributed by atoms with Crippen molar-refractivity contribution in [2.45, 2.75) is 0 Å². The first-order chi connectivity index (χ1) is 12.0. The lowest BCUT2D eigenvalue weighted by Crippen LogP contribution is -2.12. The SMILES string of the molecule is O=C(Nc1ccc(Cl)c(Cl)c1)c1c(-c2cncnc2)c2oc1cc2O. The Bertz CT molecular complexity index is 1080. The monoisotopic (exact) mass is 373 g/mol. The van der Waals surface area contributed by atoms with Crippen LogP contribution in [0.1, 0.15) is 10.4 Å². The molecule has 124 valence electrons. The molecule has 0 unspecified atom stereocenters. The van der Waals surface area contributed by atoms with Crippen molar-refractivity contribution in [1.29, 1.82) is 0 Å². The molecule has 3 heterocycles. The van der Waals surface area contributed by atoms with Gasteiger partial charge in [0, 0.05) is 35.3 Å². The number of aromatic hydroxyl groups is 1. The number of anilines is 1. The number of benzene rings is 2. The lowest BCUT2D eigenvalue weighted by atomic mass is 10.0. The molecule has 1 amide bonds. The summed E-state index contributed by atoms with van der Waals surface area (Å²) in [5, 5.41) is 13.4. The summed E-state index contributed by atoms with van der Waals surface area (Å²) in [6.45, 7) is 0. The normalized spacial score (nSPS) is 11.1. The fourth-order valence-corrected chi connectivity index (χ4v) is 2.92. The predicted octanol–water partition coefficient (Wildman–Crippen LogP) is 4.59. The fourth-order valence-electron chi connectivity index (χ4n) is 2.62. The maximum atomic E-state index is 12.8. The molecule has 8 heteroatoms. The third-order valence-corrected chi connectivity index (χ3v) is 4.43. The van der Waals surface area contributed by atoms with Gasteiger partial charge in [-0.1, -0.05) is 23.2 Å². The molecular weight excluding hydrogens is 365 g/mol. The van der Waals surface area contributed by atoms with Crippen LogP contribution in [0.2, 0.25) is 10.0 Å². The first-order valence-corrected chi connectivity index (χ1v) is 7.90. The average Bonchev–Trinajstić information content (AvgIpc) is 3.16. The molecule has 0 saturated heterocycles. The van der Waals surface area contributed by atoms with E-state index in [-0.39, 0.29) is 22.5 Å². The van der Waals surface area contributed by atoms with Crippen molar-refractivity contribution in [2.24, 2.45) is 0 Å². The van der Waals surface area contributed by atoms with E-state index < -0.39 is 5.91 Å². The van der Waals surface area contributed by atoms with Crippen molar-refractivity contribution in [2.75, 3.05) is 5.32 Å². The van der Waals surface area contributed by atoms with Crippen molar-refractivity contribution < 1.29 is 14.3 Å². The van der Waals surface area contributed by atoms with Crippen molar-refractivity contribution in [3.8, 4) is 16.9 Å². The van der Waals surface area contributed by atoms with Crippen LogP contribution in [0.15, 0.2) is 47.4 Å². The zero-order chi connectivity index (χ0) is 17.6. The Hall–Kier alpha value is -2.83. The Kier molecular flexibility index (Phi) is 3.71. The van der Waals surface area contributed by atoms with E-state index in [9.17, 15) is 9.90 Å². The minimum Gasteiger partial charge on any atom is -0.504 e. The Morgan fingerprint density at radius 1 is 1.12 bits per heavy atom. The standard InChI is InChI=1S/C17H9Cl2N3O3/c18-10-2-1-9(3-11(10)19)22-17(24)15-13-4-12(23)16(25-13)14(15)8-5-20-7-21-6-8/h1-7,23H,(H,22,24). The summed E-state index contributed by atoms with van der Waals surface area (Å²) in [6.07, 6.45) is 4.46.